The van der Waals surface area contributed by atoms with Crippen LogP contribution in [0.5, 0.6) is 5.75 Å². The molecule has 1 heterocycles. The van der Waals surface area contributed by atoms with Crippen molar-refractivity contribution in [2.24, 2.45) is 0 Å². The third kappa shape index (κ3) is 4.37. The molecule has 0 bridgehead atoms. The van der Waals surface area contributed by atoms with Crippen molar-refractivity contribution in [2.45, 2.75) is 13.8 Å². The molecule has 5 heteroatoms. The van der Waals surface area contributed by atoms with Gasteiger partial charge in [0.05, 0.1) is 23.9 Å². The van der Waals surface area contributed by atoms with Gasteiger partial charge < -0.3 is 9.47 Å². The van der Waals surface area contributed by atoms with E-state index in [1.165, 1.54) is 0 Å². The molecular formula is C27H23NO4. The first-order chi connectivity index (χ1) is 15.5. The van der Waals surface area contributed by atoms with Gasteiger partial charge in [0.15, 0.2) is 12.4 Å². The molecule has 5 nitrogen and oxygen atoms in total. The molecule has 0 radical (unpaired) electrons. The van der Waals surface area contributed by atoms with Gasteiger partial charge in [0, 0.05) is 16.5 Å². The number of ketones is 1. The van der Waals surface area contributed by atoms with E-state index in [0.717, 1.165) is 22.2 Å². The van der Waals surface area contributed by atoms with E-state index >= 15 is 0 Å². The van der Waals surface area contributed by atoms with E-state index in [9.17, 15) is 9.59 Å². The summed E-state index contributed by atoms with van der Waals surface area (Å²) in [5.74, 6) is -0.187. The highest BCUT2D eigenvalue weighted by molar-refractivity contribution is 6.06. The monoisotopic (exact) mass is 425 g/mol. The number of fused-ring (bicyclic) bond motifs is 1. The maximum Gasteiger partial charge on any atom is 0.339 e. The average molecular weight is 425 g/mol. The third-order valence-electron chi connectivity index (χ3n) is 5.35. The number of carbonyl (C=O) groups is 2. The fraction of sp³-hybridized carbons (Fsp3) is 0.148. The first-order valence-electron chi connectivity index (χ1n) is 10.3. The van der Waals surface area contributed by atoms with Crippen molar-refractivity contribution in [3.63, 3.8) is 0 Å². The quantitative estimate of drug-likeness (QED) is 0.299. The lowest BCUT2D eigenvalue weighted by molar-refractivity contribution is 0.0476. The zero-order chi connectivity index (χ0) is 22.7. The molecule has 0 aliphatic rings. The highest BCUT2D eigenvalue weighted by Gasteiger charge is 2.18. The Morgan fingerprint density at radius 2 is 1.62 bits per heavy atom. The van der Waals surface area contributed by atoms with Crippen molar-refractivity contribution in [3.05, 3.63) is 95.1 Å². The number of benzene rings is 3. The van der Waals surface area contributed by atoms with Crippen molar-refractivity contribution in [1.82, 2.24) is 4.98 Å². The van der Waals surface area contributed by atoms with Crippen molar-refractivity contribution in [1.29, 1.82) is 0 Å². The van der Waals surface area contributed by atoms with Crippen LogP contribution >= 0.6 is 0 Å². The molecule has 0 N–H and O–H groups in total. The molecule has 0 aliphatic carbocycles. The molecule has 0 aliphatic heterocycles. The largest absolute Gasteiger partial charge is 0.497 e. The molecule has 0 amide bonds. The van der Waals surface area contributed by atoms with Gasteiger partial charge in [0.25, 0.3) is 0 Å². The molecule has 0 unspecified atom stereocenters. The van der Waals surface area contributed by atoms with Gasteiger partial charge >= 0.3 is 5.97 Å². The van der Waals surface area contributed by atoms with E-state index in [1.54, 1.807) is 37.4 Å². The standard InChI is InChI=1S/C27H23NO4/c1-17-7-9-19(10-8-17)24-15-23(22-6-4-5-18(2)26(22)28-24)27(30)32-16-25(29)20-11-13-21(31-3)14-12-20/h4-15H,16H2,1-3H3. The zero-order valence-electron chi connectivity index (χ0n) is 18.2. The summed E-state index contributed by atoms with van der Waals surface area (Å²) < 4.78 is 10.5. The molecule has 32 heavy (non-hydrogen) atoms. The minimum atomic E-state index is -0.557. The summed E-state index contributed by atoms with van der Waals surface area (Å²) >= 11 is 0. The number of Topliss-reactive ketones (excluding diaryl/α,β-unsaturated/α-hetero) is 1. The van der Waals surface area contributed by atoms with Crippen LogP contribution in [-0.4, -0.2) is 30.5 Å². The highest BCUT2D eigenvalue weighted by atomic mass is 16.5. The second-order valence-electron chi connectivity index (χ2n) is 7.62. The van der Waals surface area contributed by atoms with Crippen molar-refractivity contribution >= 4 is 22.7 Å². The Kier molecular flexibility index (Phi) is 5.99. The molecule has 0 saturated carbocycles. The Morgan fingerprint density at radius 3 is 2.31 bits per heavy atom. The van der Waals surface area contributed by atoms with Gasteiger partial charge in [-0.15, -0.1) is 0 Å². The summed E-state index contributed by atoms with van der Waals surface area (Å²) in [7, 11) is 1.56. The van der Waals surface area contributed by atoms with E-state index in [2.05, 4.69) is 0 Å². The van der Waals surface area contributed by atoms with E-state index in [1.807, 2.05) is 56.3 Å². The van der Waals surface area contributed by atoms with Crippen LogP contribution in [0.2, 0.25) is 0 Å². The summed E-state index contributed by atoms with van der Waals surface area (Å²) in [5.41, 5.74) is 5.26. The molecule has 160 valence electrons. The Balaban J connectivity index is 1.64. The number of esters is 1. The average Bonchev–Trinajstić information content (AvgIpc) is 2.82. The molecule has 1 aromatic heterocycles. The van der Waals surface area contributed by atoms with Crippen LogP contribution in [0.1, 0.15) is 31.8 Å². The number of ether oxygens (including phenoxy) is 2. The van der Waals surface area contributed by atoms with Gasteiger partial charge in [-0.25, -0.2) is 9.78 Å². The molecule has 0 fully saturated rings. The fourth-order valence-corrected chi connectivity index (χ4v) is 3.50. The predicted molar refractivity (Wildman–Crippen MR) is 124 cm³/mol. The summed E-state index contributed by atoms with van der Waals surface area (Å²) in [5, 5.41) is 0.697. The second kappa shape index (κ2) is 9.02. The third-order valence-corrected chi connectivity index (χ3v) is 5.35. The van der Waals surface area contributed by atoms with Crippen LogP contribution in [-0.2, 0) is 4.74 Å². The van der Waals surface area contributed by atoms with Crippen molar-refractivity contribution in [2.75, 3.05) is 13.7 Å². The number of aromatic nitrogens is 1. The van der Waals surface area contributed by atoms with E-state index < -0.39 is 5.97 Å². The number of para-hydroxylation sites is 1. The second-order valence-corrected chi connectivity index (χ2v) is 7.62. The maximum atomic E-state index is 13.0. The SMILES string of the molecule is COc1ccc(C(=O)COC(=O)c2cc(-c3ccc(C)cc3)nc3c(C)cccc23)cc1. The van der Waals surface area contributed by atoms with Gasteiger partial charge in [-0.3, -0.25) is 4.79 Å². The number of hydrogen-bond donors (Lipinski definition) is 0. The van der Waals surface area contributed by atoms with E-state index in [4.69, 9.17) is 14.5 Å². The van der Waals surface area contributed by atoms with Crippen LogP contribution in [0.25, 0.3) is 22.2 Å². The minimum Gasteiger partial charge on any atom is -0.497 e. The van der Waals surface area contributed by atoms with Crippen LogP contribution in [0.4, 0.5) is 0 Å². The van der Waals surface area contributed by atoms with Crippen LogP contribution in [0.3, 0.4) is 0 Å². The zero-order valence-corrected chi connectivity index (χ0v) is 18.2. The van der Waals surface area contributed by atoms with Gasteiger partial charge in [-0.2, -0.15) is 0 Å². The van der Waals surface area contributed by atoms with Gasteiger partial charge in [-0.05, 0) is 49.7 Å². The Bertz CT molecular complexity index is 1290. The minimum absolute atomic E-state index is 0.283. The molecule has 0 atom stereocenters. The Labute approximate surface area is 186 Å². The lowest BCUT2D eigenvalue weighted by Gasteiger charge is -2.12. The van der Waals surface area contributed by atoms with Crippen molar-refractivity contribution in [3.8, 4) is 17.0 Å². The summed E-state index contributed by atoms with van der Waals surface area (Å²) in [4.78, 5) is 30.3. The molecule has 0 spiro atoms. The number of pyridine rings is 1. The molecule has 3 aromatic carbocycles. The van der Waals surface area contributed by atoms with Crippen LogP contribution in [0.15, 0.2) is 72.8 Å². The molecule has 4 aromatic rings. The number of nitrogens with zero attached hydrogens (tertiary/aromatic N) is 1. The topological polar surface area (TPSA) is 65.5 Å². The number of rotatable bonds is 6. The lowest BCUT2D eigenvalue weighted by Crippen LogP contribution is -2.15. The Hall–Kier alpha value is -3.99. The van der Waals surface area contributed by atoms with E-state index in [0.29, 0.717) is 28.0 Å². The molecule has 4 rings (SSSR count). The normalized spacial score (nSPS) is 10.7. The number of carbonyl (C=O) groups excluding carboxylic acids is 2. The summed E-state index contributed by atoms with van der Waals surface area (Å²) in [6.07, 6.45) is 0. The van der Waals surface area contributed by atoms with E-state index in [-0.39, 0.29) is 12.4 Å². The van der Waals surface area contributed by atoms with Crippen LogP contribution in [0, 0.1) is 13.8 Å². The smallest absolute Gasteiger partial charge is 0.339 e. The number of aryl methyl sites for hydroxylation is 2. The highest BCUT2D eigenvalue weighted by Crippen LogP contribution is 2.27. The van der Waals surface area contributed by atoms with Crippen LogP contribution < -0.4 is 4.74 Å². The summed E-state index contributed by atoms with van der Waals surface area (Å²) in [6.45, 7) is 3.63. The van der Waals surface area contributed by atoms with Crippen molar-refractivity contribution < 1.29 is 19.1 Å². The molecular weight excluding hydrogens is 402 g/mol. The first-order valence-corrected chi connectivity index (χ1v) is 10.3. The number of methoxy groups -OCH3 is 1. The van der Waals surface area contributed by atoms with Gasteiger partial charge in [0.1, 0.15) is 5.75 Å². The maximum absolute atomic E-state index is 13.0. The fourth-order valence-electron chi connectivity index (χ4n) is 3.50. The lowest BCUT2D eigenvalue weighted by atomic mass is 10.0. The van der Waals surface area contributed by atoms with Gasteiger partial charge in [-0.1, -0.05) is 48.0 Å². The van der Waals surface area contributed by atoms with Gasteiger partial charge in [0.2, 0.25) is 0 Å². The Morgan fingerprint density at radius 1 is 0.906 bits per heavy atom. The predicted octanol–water partition coefficient (Wildman–Crippen LogP) is 5.57. The first kappa shape index (κ1) is 21.2. The molecule has 0 saturated heterocycles. The summed E-state index contributed by atoms with van der Waals surface area (Å²) in [6, 6.07) is 22.1. The number of hydrogen-bond acceptors (Lipinski definition) is 5.